The molecule has 0 saturated heterocycles. The summed E-state index contributed by atoms with van der Waals surface area (Å²) in [5.41, 5.74) is 5.65. The number of imidazole rings is 1. The molecule has 1 atom stereocenters. The Kier molecular flexibility index (Phi) is 6.57. The van der Waals surface area contributed by atoms with Crippen LogP contribution >= 0.6 is 0 Å². The Morgan fingerprint density at radius 1 is 1.05 bits per heavy atom. The van der Waals surface area contributed by atoms with E-state index >= 15 is 0 Å². The molecule has 3 N–H and O–H groups in total. The minimum Gasteiger partial charge on any atom is -0.465 e. The van der Waals surface area contributed by atoms with Gasteiger partial charge in [0.25, 0.3) is 5.56 Å². The van der Waals surface area contributed by atoms with Crippen LogP contribution < -0.4 is 10.9 Å². The topological polar surface area (TPSA) is 131 Å². The third kappa shape index (κ3) is 4.82. The van der Waals surface area contributed by atoms with E-state index in [0.29, 0.717) is 29.2 Å². The van der Waals surface area contributed by atoms with Crippen LogP contribution in [0.15, 0.2) is 84.0 Å². The molecule has 6 rings (SSSR count). The number of para-hydroxylation sites is 1. The zero-order chi connectivity index (χ0) is 27.6. The molecule has 4 heterocycles. The summed E-state index contributed by atoms with van der Waals surface area (Å²) in [6, 6.07) is 19.1. The van der Waals surface area contributed by atoms with Crippen molar-refractivity contribution in [2.75, 3.05) is 11.9 Å². The summed E-state index contributed by atoms with van der Waals surface area (Å²) in [4.78, 5) is 40.9. The number of anilines is 1. The van der Waals surface area contributed by atoms with Gasteiger partial charge in [0.05, 0.1) is 46.8 Å². The number of hydrogen-bond donors (Lipinski definition) is 3. The van der Waals surface area contributed by atoms with Crippen LogP contribution in [0.1, 0.15) is 25.6 Å². The number of aromatic amines is 2. The highest BCUT2D eigenvalue weighted by molar-refractivity contribution is 5.99. The van der Waals surface area contributed by atoms with Crippen molar-refractivity contribution >= 4 is 33.6 Å². The van der Waals surface area contributed by atoms with Gasteiger partial charge in [0, 0.05) is 23.3 Å². The molecule has 40 heavy (non-hydrogen) atoms. The van der Waals surface area contributed by atoms with Crippen LogP contribution in [0.25, 0.3) is 44.5 Å². The maximum atomic E-state index is 13.5. The van der Waals surface area contributed by atoms with Crippen molar-refractivity contribution in [3.8, 4) is 22.5 Å². The van der Waals surface area contributed by atoms with Crippen molar-refractivity contribution in [1.29, 1.82) is 0 Å². The van der Waals surface area contributed by atoms with Gasteiger partial charge < -0.3 is 20.0 Å². The largest absolute Gasteiger partial charge is 0.465 e. The number of benzene rings is 2. The molecule has 0 unspecified atom stereocenters. The second-order valence-corrected chi connectivity index (χ2v) is 9.42. The zero-order valence-corrected chi connectivity index (χ0v) is 22.0. The van der Waals surface area contributed by atoms with Crippen LogP contribution in [-0.2, 0) is 16.1 Å². The summed E-state index contributed by atoms with van der Waals surface area (Å²) in [7, 11) is 0. The third-order valence-corrected chi connectivity index (χ3v) is 6.70. The van der Waals surface area contributed by atoms with Gasteiger partial charge >= 0.3 is 5.97 Å². The number of H-pyrrole nitrogens is 2. The Morgan fingerprint density at radius 2 is 1.90 bits per heavy atom. The number of carbonyl (C=O) groups excluding carboxylic acids is 1. The van der Waals surface area contributed by atoms with Crippen molar-refractivity contribution < 1.29 is 9.53 Å². The lowest BCUT2D eigenvalue weighted by atomic mass is 10.1. The van der Waals surface area contributed by atoms with Crippen molar-refractivity contribution in [2.24, 2.45) is 0 Å². The normalized spacial score (nSPS) is 12.1. The monoisotopic (exact) mass is 533 g/mol. The van der Waals surface area contributed by atoms with E-state index in [4.69, 9.17) is 9.72 Å². The van der Waals surface area contributed by atoms with Gasteiger partial charge in [0.2, 0.25) is 0 Å². The van der Waals surface area contributed by atoms with Gasteiger partial charge in [0.1, 0.15) is 17.9 Å². The van der Waals surface area contributed by atoms with Crippen LogP contribution in [0, 0.1) is 0 Å². The molecule has 0 radical (unpaired) electrons. The second-order valence-electron chi connectivity index (χ2n) is 9.42. The standard InChI is InChI=1S/C30H27N7O3/c1-3-40-26(38)17-37-16-20(15-32-37)19-11-12-24-25(14-19)35-29(34-24)27-28(33-18(2)22-9-6-7-13-31-22)21-8-4-5-10-23(21)36-30(27)39/h4-16,18H,3,17H2,1-2H3,(H,34,35)(H2,33,36,39)/t18-/m0/s1. The lowest BCUT2D eigenvalue weighted by molar-refractivity contribution is -0.144. The highest BCUT2D eigenvalue weighted by Gasteiger charge is 2.20. The van der Waals surface area contributed by atoms with E-state index < -0.39 is 0 Å². The van der Waals surface area contributed by atoms with E-state index in [1.54, 1.807) is 30.2 Å². The van der Waals surface area contributed by atoms with Gasteiger partial charge in [-0.25, -0.2) is 4.98 Å². The smallest absolute Gasteiger partial charge is 0.327 e. The molecular formula is C30H27N7O3. The van der Waals surface area contributed by atoms with E-state index in [2.05, 4.69) is 25.4 Å². The van der Waals surface area contributed by atoms with Gasteiger partial charge in [-0.3, -0.25) is 19.3 Å². The van der Waals surface area contributed by atoms with Crippen LogP contribution in [0.2, 0.25) is 0 Å². The molecule has 2 aromatic carbocycles. The molecule has 0 aliphatic rings. The van der Waals surface area contributed by atoms with E-state index in [1.165, 1.54) is 0 Å². The van der Waals surface area contributed by atoms with Crippen LogP contribution in [0.4, 0.5) is 5.69 Å². The predicted octanol–water partition coefficient (Wildman–Crippen LogP) is 5.07. The molecule has 0 fully saturated rings. The Labute approximate surface area is 229 Å². The highest BCUT2D eigenvalue weighted by atomic mass is 16.5. The summed E-state index contributed by atoms with van der Waals surface area (Å²) in [6.45, 7) is 4.15. The minimum atomic E-state index is -0.340. The summed E-state index contributed by atoms with van der Waals surface area (Å²) in [5.74, 6) is 0.112. The molecular weight excluding hydrogens is 506 g/mol. The first kappa shape index (κ1) is 25.1. The molecule has 0 bridgehead atoms. The average Bonchev–Trinajstić information content (AvgIpc) is 3.60. The molecule has 4 aromatic heterocycles. The lowest BCUT2D eigenvalue weighted by Crippen LogP contribution is -2.17. The van der Waals surface area contributed by atoms with E-state index in [0.717, 1.165) is 33.2 Å². The fraction of sp³-hybridized carbons (Fsp3) is 0.167. The average molecular weight is 534 g/mol. The number of pyridine rings is 2. The van der Waals surface area contributed by atoms with Gasteiger partial charge in [-0.2, -0.15) is 5.10 Å². The third-order valence-electron chi connectivity index (χ3n) is 6.70. The highest BCUT2D eigenvalue weighted by Crippen LogP contribution is 2.34. The van der Waals surface area contributed by atoms with Crippen LogP contribution in [0.3, 0.4) is 0 Å². The van der Waals surface area contributed by atoms with E-state index in [9.17, 15) is 9.59 Å². The Bertz CT molecular complexity index is 1890. The summed E-state index contributed by atoms with van der Waals surface area (Å²) in [6.07, 6.45) is 5.25. The second kappa shape index (κ2) is 10.5. The number of rotatable bonds is 8. The van der Waals surface area contributed by atoms with E-state index in [1.807, 2.05) is 67.6 Å². The van der Waals surface area contributed by atoms with Gasteiger partial charge in [-0.1, -0.05) is 30.3 Å². The number of nitrogens with one attached hydrogen (secondary N) is 3. The summed E-state index contributed by atoms with van der Waals surface area (Å²) >= 11 is 0. The number of hydrogen-bond acceptors (Lipinski definition) is 7. The van der Waals surface area contributed by atoms with Crippen molar-refractivity contribution in [3.05, 3.63) is 95.3 Å². The maximum Gasteiger partial charge on any atom is 0.327 e. The molecule has 0 spiro atoms. The Hall–Kier alpha value is -5.25. The van der Waals surface area contributed by atoms with Crippen LogP contribution in [-0.4, -0.2) is 42.3 Å². The molecule has 6 aromatic rings. The van der Waals surface area contributed by atoms with Crippen molar-refractivity contribution in [3.63, 3.8) is 0 Å². The molecule has 0 saturated carbocycles. The van der Waals surface area contributed by atoms with Crippen molar-refractivity contribution in [2.45, 2.75) is 26.4 Å². The van der Waals surface area contributed by atoms with E-state index in [-0.39, 0.29) is 24.1 Å². The molecule has 0 amide bonds. The lowest BCUT2D eigenvalue weighted by Gasteiger charge is -2.18. The Morgan fingerprint density at radius 3 is 2.73 bits per heavy atom. The fourth-order valence-electron chi connectivity index (χ4n) is 4.79. The van der Waals surface area contributed by atoms with Crippen molar-refractivity contribution in [1.82, 2.24) is 29.7 Å². The number of carbonyl (C=O) groups is 1. The quantitative estimate of drug-likeness (QED) is 0.233. The number of fused-ring (bicyclic) bond motifs is 2. The first-order valence-electron chi connectivity index (χ1n) is 13.0. The number of nitrogens with zero attached hydrogens (tertiary/aromatic N) is 4. The number of aromatic nitrogens is 6. The molecule has 10 heteroatoms. The zero-order valence-electron chi connectivity index (χ0n) is 22.0. The molecule has 200 valence electrons. The number of esters is 1. The Balaban J connectivity index is 1.40. The molecule has 0 aliphatic carbocycles. The van der Waals surface area contributed by atoms with Crippen LogP contribution in [0.5, 0.6) is 0 Å². The first-order valence-corrected chi connectivity index (χ1v) is 13.0. The fourth-order valence-corrected chi connectivity index (χ4v) is 4.79. The minimum absolute atomic E-state index is 0.0434. The number of ether oxygens (including phenoxy) is 1. The van der Waals surface area contributed by atoms with Gasteiger partial charge in [-0.15, -0.1) is 0 Å². The first-order chi connectivity index (χ1) is 19.5. The maximum absolute atomic E-state index is 13.5. The summed E-state index contributed by atoms with van der Waals surface area (Å²) < 4.78 is 6.56. The summed E-state index contributed by atoms with van der Waals surface area (Å²) in [5, 5.41) is 8.68. The molecule has 10 nitrogen and oxygen atoms in total. The molecule has 0 aliphatic heterocycles. The van der Waals surface area contributed by atoms with Gasteiger partial charge in [-0.05, 0) is 49.7 Å². The SMILES string of the molecule is CCOC(=O)Cn1cc(-c2ccc3nc(-c4c(N[C@@H](C)c5ccccn5)c5ccccc5[nH]c4=O)[nH]c3c2)cn1. The van der Waals surface area contributed by atoms with Gasteiger partial charge in [0.15, 0.2) is 0 Å². The predicted molar refractivity (Wildman–Crippen MR) is 154 cm³/mol.